The van der Waals surface area contributed by atoms with Crippen LogP contribution in [0.15, 0.2) is 24.3 Å². The van der Waals surface area contributed by atoms with Crippen LogP contribution in [0.5, 0.6) is 0 Å². The molecule has 0 spiro atoms. The Morgan fingerprint density at radius 1 is 1.07 bits per heavy atom. The van der Waals surface area contributed by atoms with E-state index < -0.39 is 0 Å². The van der Waals surface area contributed by atoms with Crippen LogP contribution in [0.4, 0.5) is 0 Å². The average molecular weight is 387 g/mol. The molecule has 2 aromatic rings. The maximum absolute atomic E-state index is 12.6. The van der Waals surface area contributed by atoms with Crippen molar-refractivity contribution in [3.8, 4) is 0 Å². The molecule has 1 aliphatic rings. The first-order chi connectivity index (χ1) is 12.8. The number of carbonyl (C=O) groups is 2. The Labute approximate surface area is 164 Å². The molecule has 0 saturated carbocycles. The van der Waals surface area contributed by atoms with E-state index in [9.17, 15) is 9.59 Å². The summed E-state index contributed by atoms with van der Waals surface area (Å²) in [6.45, 7) is 7.67. The van der Waals surface area contributed by atoms with Gasteiger partial charge in [-0.1, -0.05) is 17.7 Å². The van der Waals surface area contributed by atoms with Crippen molar-refractivity contribution in [1.29, 1.82) is 0 Å². The zero-order chi connectivity index (χ0) is 19.6. The van der Waals surface area contributed by atoms with E-state index in [1.54, 1.807) is 19.0 Å². The predicted octanol–water partition coefficient (Wildman–Crippen LogP) is 2.42. The second-order valence-electron chi connectivity index (χ2n) is 7.16. The second-order valence-corrected chi connectivity index (χ2v) is 8.24. The van der Waals surface area contributed by atoms with E-state index in [1.165, 1.54) is 11.3 Å². The van der Waals surface area contributed by atoms with Gasteiger partial charge in [0.1, 0.15) is 9.88 Å². The average Bonchev–Trinajstić information content (AvgIpc) is 3.01. The second kappa shape index (κ2) is 8.19. The molecule has 1 fully saturated rings. The highest BCUT2D eigenvalue weighted by molar-refractivity contribution is 7.13. The van der Waals surface area contributed by atoms with Gasteiger partial charge in [0.05, 0.1) is 12.2 Å². The van der Waals surface area contributed by atoms with Crippen LogP contribution in [0.1, 0.15) is 36.3 Å². The zero-order valence-corrected chi connectivity index (χ0v) is 17.2. The Kier molecular flexibility index (Phi) is 5.92. The topological polar surface area (TPSA) is 56.8 Å². The van der Waals surface area contributed by atoms with Gasteiger partial charge in [-0.25, -0.2) is 4.98 Å². The first kappa shape index (κ1) is 19.5. The number of aryl methyl sites for hydroxylation is 2. The van der Waals surface area contributed by atoms with Crippen molar-refractivity contribution in [3.63, 3.8) is 0 Å². The minimum atomic E-state index is 0.00441. The Balaban J connectivity index is 1.57. The zero-order valence-electron chi connectivity index (χ0n) is 16.4. The number of piperazine rings is 1. The maximum Gasteiger partial charge on any atom is 0.265 e. The summed E-state index contributed by atoms with van der Waals surface area (Å²) in [5.41, 5.74) is 2.69. The number of aromatic nitrogens is 1. The summed E-state index contributed by atoms with van der Waals surface area (Å²) >= 11 is 1.47. The van der Waals surface area contributed by atoms with Gasteiger partial charge in [-0.2, -0.15) is 0 Å². The summed E-state index contributed by atoms with van der Waals surface area (Å²) in [7, 11) is 3.51. The Bertz CT molecular complexity index is 821. The molecule has 27 heavy (non-hydrogen) atoms. The lowest BCUT2D eigenvalue weighted by Gasteiger charge is -2.34. The summed E-state index contributed by atoms with van der Waals surface area (Å²) in [5.74, 6) is 0.100. The number of hydrogen-bond acceptors (Lipinski definition) is 5. The van der Waals surface area contributed by atoms with E-state index >= 15 is 0 Å². The highest BCUT2D eigenvalue weighted by Crippen LogP contribution is 2.21. The summed E-state index contributed by atoms with van der Waals surface area (Å²) < 4.78 is 0. The number of benzene rings is 1. The fraction of sp³-hybridized carbons (Fsp3) is 0.450. The van der Waals surface area contributed by atoms with Crippen LogP contribution in [-0.2, 0) is 6.54 Å². The van der Waals surface area contributed by atoms with E-state index in [4.69, 9.17) is 0 Å². The molecular weight excluding hydrogens is 360 g/mol. The summed E-state index contributed by atoms with van der Waals surface area (Å²) in [6.07, 6.45) is 0. The van der Waals surface area contributed by atoms with E-state index in [1.807, 2.05) is 43.0 Å². The Morgan fingerprint density at radius 2 is 1.70 bits per heavy atom. The minimum Gasteiger partial charge on any atom is -0.344 e. The largest absolute Gasteiger partial charge is 0.344 e. The molecule has 0 atom stereocenters. The first-order valence-electron chi connectivity index (χ1n) is 9.11. The van der Waals surface area contributed by atoms with Crippen LogP contribution in [0.3, 0.4) is 0 Å². The molecule has 1 aromatic carbocycles. The molecule has 1 aliphatic heterocycles. The summed E-state index contributed by atoms with van der Waals surface area (Å²) in [6, 6.07) is 7.74. The van der Waals surface area contributed by atoms with Gasteiger partial charge in [-0.3, -0.25) is 14.5 Å². The van der Waals surface area contributed by atoms with Gasteiger partial charge in [0, 0.05) is 45.8 Å². The predicted molar refractivity (Wildman–Crippen MR) is 107 cm³/mol. The number of nitrogens with zero attached hydrogens (tertiary/aromatic N) is 4. The molecule has 2 amide bonds. The number of rotatable bonds is 4. The van der Waals surface area contributed by atoms with E-state index in [0.717, 1.165) is 41.5 Å². The Hall–Kier alpha value is -2.25. The van der Waals surface area contributed by atoms with Gasteiger partial charge >= 0.3 is 0 Å². The van der Waals surface area contributed by atoms with Gasteiger partial charge in [-0.05, 0) is 26.0 Å². The SMILES string of the molecule is Cc1ccc(C(=O)N2CCN(Cc3nc(C)c(C(=O)N(C)C)s3)CC2)cc1. The fourth-order valence-electron chi connectivity index (χ4n) is 3.10. The van der Waals surface area contributed by atoms with Crippen molar-refractivity contribution in [2.75, 3.05) is 40.3 Å². The van der Waals surface area contributed by atoms with Crippen LogP contribution in [-0.4, -0.2) is 71.8 Å². The quantitative estimate of drug-likeness (QED) is 0.810. The molecule has 0 bridgehead atoms. The van der Waals surface area contributed by atoms with E-state index in [0.29, 0.717) is 18.0 Å². The lowest BCUT2D eigenvalue weighted by molar-refractivity contribution is 0.0628. The molecule has 0 aliphatic carbocycles. The smallest absolute Gasteiger partial charge is 0.265 e. The molecule has 0 radical (unpaired) electrons. The van der Waals surface area contributed by atoms with Crippen molar-refractivity contribution in [2.45, 2.75) is 20.4 Å². The molecule has 0 unspecified atom stereocenters. The first-order valence-corrected chi connectivity index (χ1v) is 9.93. The van der Waals surface area contributed by atoms with Gasteiger partial charge < -0.3 is 9.80 Å². The normalized spacial score (nSPS) is 15.0. The monoisotopic (exact) mass is 386 g/mol. The highest BCUT2D eigenvalue weighted by Gasteiger charge is 2.24. The van der Waals surface area contributed by atoms with Crippen molar-refractivity contribution in [3.05, 3.63) is 51.0 Å². The lowest BCUT2D eigenvalue weighted by Crippen LogP contribution is -2.48. The van der Waals surface area contributed by atoms with Gasteiger partial charge in [0.15, 0.2) is 0 Å². The lowest BCUT2D eigenvalue weighted by atomic mass is 10.1. The van der Waals surface area contributed by atoms with Crippen molar-refractivity contribution >= 4 is 23.2 Å². The van der Waals surface area contributed by atoms with E-state index in [2.05, 4.69) is 9.88 Å². The number of carbonyl (C=O) groups excluding carboxylic acids is 2. The molecular formula is C20H26N4O2S. The molecule has 3 rings (SSSR count). The van der Waals surface area contributed by atoms with Crippen LogP contribution in [0.25, 0.3) is 0 Å². The molecule has 2 heterocycles. The highest BCUT2D eigenvalue weighted by atomic mass is 32.1. The van der Waals surface area contributed by atoms with Crippen molar-refractivity contribution in [2.24, 2.45) is 0 Å². The fourth-order valence-corrected chi connectivity index (χ4v) is 4.23. The molecule has 7 heteroatoms. The Morgan fingerprint density at radius 3 is 2.30 bits per heavy atom. The van der Waals surface area contributed by atoms with Crippen LogP contribution in [0, 0.1) is 13.8 Å². The van der Waals surface area contributed by atoms with Crippen LogP contribution in [0.2, 0.25) is 0 Å². The molecule has 0 N–H and O–H groups in total. The molecule has 1 saturated heterocycles. The number of hydrogen-bond donors (Lipinski definition) is 0. The summed E-state index contributed by atoms with van der Waals surface area (Å²) in [5, 5.41) is 0.955. The van der Waals surface area contributed by atoms with Crippen LogP contribution < -0.4 is 0 Å². The third-order valence-corrected chi connectivity index (χ3v) is 5.89. The number of thiazole rings is 1. The standard InChI is InChI=1S/C20H26N4O2S/c1-14-5-7-16(8-6-14)19(25)24-11-9-23(10-12-24)13-17-21-15(2)18(27-17)20(26)22(3)4/h5-8H,9-13H2,1-4H3. The summed E-state index contributed by atoms with van der Waals surface area (Å²) in [4.78, 5) is 35.9. The molecule has 6 nitrogen and oxygen atoms in total. The van der Waals surface area contributed by atoms with Crippen molar-refractivity contribution in [1.82, 2.24) is 19.7 Å². The number of amides is 2. The van der Waals surface area contributed by atoms with Gasteiger partial charge in [-0.15, -0.1) is 11.3 Å². The van der Waals surface area contributed by atoms with Gasteiger partial charge in [0.25, 0.3) is 11.8 Å². The third-order valence-electron chi connectivity index (χ3n) is 4.76. The van der Waals surface area contributed by atoms with Gasteiger partial charge in [0.2, 0.25) is 0 Å². The van der Waals surface area contributed by atoms with Crippen molar-refractivity contribution < 1.29 is 9.59 Å². The molecule has 144 valence electrons. The van der Waals surface area contributed by atoms with Crippen LogP contribution >= 0.6 is 11.3 Å². The van der Waals surface area contributed by atoms with E-state index in [-0.39, 0.29) is 11.8 Å². The molecule has 1 aromatic heterocycles. The maximum atomic E-state index is 12.6. The third kappa shape index (κ3) is 4.54. The minimum absolute atomic E-state index is 0.00441.